The molecule has 0 N–H and O–H groups in total. The van der Waals surface area contributed by atoms with E-state index in [4.69, 9.17) is 9.47 Å². The van der Waals surface area contributed by atoms with Crippen molar-refractivity contribution < 1.29 is 14.3 Å². The van der Waals surface area contributed by atoms with E-state index in [1.165, 1.54) is 5.56 Å². The van der Waals surface area contributed by atoms with E-state index in [2.05, 4.69) is 46.8 Å². The average molecular weight is 335 g/mol. The standard InChI is InChI=1S/C21H34O3/c1-8-21(6,7)19(14-15(3)4)17-10-12-18(13-11-17)20(22)24-16(5)23-9-2/h10-13,15-16,19H,8-9,14H2,1-7H3. The summed E-state index contributed by atoms with van der Waals surface area (Å²) in [6.07, 6.45) is 1.75. The number of benzene rings is 1. The SMILES string of the molecule is CCOC(C)OC(=O)c1ccc(C(CC(C)C)C(C)(C)CC)cc1. The molecule has 0 radical (unpaired) electrons. The lowest BCUT2D eigenvalue weighted by atomic mass is 9.70. The zero-order valence-electron chi connectivity index (χ0n) is 16.4. The number of rotatable bonds is 9. The van der Waals surface area contributed by atoms with Crippen LogP contribution in [0.5, 0.6) is 0 Å². The van der Waals surface area contributed by atoms with Gasteiger partial charge in [0.15, 0.2) is 6.29 Å². The van der Waals surface area contributed by atoms with Crippen molar-refractivity contribution in [1.82, 2.24) is 0 Å². The highest BCUT2D eigenvalue weighted by Gasteiger charge is 2.29. The smallest absolute Gasteiger partial charge is 0.340 e. The normalized spacial score (nSPS) is 14.5. The second-order valence-corrected chi connectivity index (χ2v) is 7.57. The van der Waals surface area contributed by atoms with Crippen molar-refractivity contribution in [3.05, 3.63) is 35.4 Å². The lowest BCUT2D eigenvalue weighted by Crippen LogP contribution is -2.23. The van der Waals surface area contributed by atoms with Gasteiger partial charge in [-0.1, -0.05) is 53.2 Å². The van der Waals surface area contributed by atoms with E-state index in [0.717, 1.165) is 12.8 Å². The molecule has 0 amide bonds. The molecule has 2 unspecified atom stereocenters. The Hall–Kier alpha value is -1.35. The Bertz CT molecular complexity index is 502. The Morgan fingerprint density at radius 2 is 1.67 bits per heavy atom. The summed E-state index contributed by atoms with van der Waals surface area (Å²) in [5.74, 6) is 0.782. The molecule has 3 nitrogen and oxygen atoms in total. The van der Waals surface area contributed by atoms with Gasteiger partial charge in [0, 0.05) is 6.61 Å². The van der Waals surface area contributed by atoms with Gasteiger partial charge in [0.25, 0.3) is 0 Å². The summed E-state index contributed by atoms with van der Waals surface area (Å²) in [5, 5.41) is 0. The maximum absolute atomic E-state index is 12.1. The Labute approximate surface area is 147 Å². The van der Waals surface area contributed by atoms with Crippen LogP contribution in [0.15, 0.2) is 24.3 Å². The van der Waals surface area contributed by atoms with Crippen LogP contribution in [0.3, 0.4) is 0 Å². The third-order valence-corrected chi connectivity index (χ3v) is 4.78. The summed E-state index contributed by atoms with van der Waals surface area (Å²) in [6.45, 7) is 15.6. The van der Waals surface area contributed by atoms with Crippen molar-refractivity contribution in [2.75, 3.05) is 6.61 Å². The lowest BCUT2D eigenvalue weighted by molar-refractivity contribution is -0.0940. The third kappa shape index (κ3) is 5.94. The van der Waals surface area contributed by atoms with Gasteiger partial charge in [-0.05, 0) is 55.2 Å². The summed E-state index contributed by atoms with van der Waals surface area (Å²) < 4.78 is 10.5. The molecule has 136 valence electrons. The second-order valence-electron chi connectivity index (χ2n) is 7.57. The average Bonchev–Trinajstić information content (AvgIpc) is 2.52. The van der Waals surface area contributed by atoms with Crippen LogP contribution in [0.2, 0.25) is 0 Å². The highest BCUT2D eigenvalue weighted by molar-refractivity contribution is 5.89. The molecule has 0 saturated heterocycles. The molecule has 0 saturated carbocycles. The molecular formula is C21H34O3. The van der Waals surface area contributed by atoms with E-state index < -0.39 is 6.29 Å². The van der Waals surface area contributed by atoms with E-state index in [1.54, 1.807) is 6.92 Å². The molecule has 3 heteroatoms. The Morgan fingerprint density at radius 3 is 2.12 bits per heavy atom. The molecule has 1 aromatic carbocycles. The molecule has 0 aliphatic heterocycles. The first-order chi connectivity index (χ1) is 11.2. The molecule has 0 aliphatic rings. The summed E-state index contributed by atoms with van der Waals surface area (Å²) in [7, 11) is 0. The van der Waals surface area contributed by atoms with Crippen LogP contribution in [0, 0.1) is 11.3 Å². The van der Waals surface area contributed by atoms with E-state index in [1.807, 2.05) is 19.1 Å². The molecule has 0 aromatic heterocycles. The van der Waals surface area contributed by atoms with E-state index in [0.29, 0.717) is 24.0 Å². The van der Waals surface area contributed by atoms with Crippen LogP contribution >= 0.6 is 0 Å². The second kappa shape index (κ2) is 9.22. The Kier molecular flexibility index (Phi) is 7.95. The van der Waals surface area contributed by atoms with Gasteiger partial charge in [0.05, 0.1) is 5.56 Å². The molecule has 0 spiro atoms. The van der Waals surface area contributed by atoms with Crippen LogP contribution < -0.4 is 0 Å². The van der Waals surface area contributed by atoms with E-state index >= 15 is 0 Å². The maximum atomic E-state index is 12.1. The molecule has 0 heterocycles. The number of esters is 1. The highest BCUT2D eigenvalue weighted by Crippen LogP contribution is 2.42. The number of hydrogen-bond donors (Lipinski definition) is 0. The van der Waals surface area contributed by atoms with Crippen molar-refractivity contribution in [3.63, 3.8) is 0 Å². The number of hydrogen-bond acceptors (Lipinski definition) is 3. The van der Waals surface area contributed by atoms with Crippen molar-refractivity contribution in [2.45, 2.75) is 73.5 Å². The predicted molar refractivity (Wildman–Crippen MR) is 99.2 cm³/mol. The third-order valence-electron chi connectivity index (χ3n) is 4.78. The van der Waals surface area contributed by atoms with Gasteiger partial charge in [0.1, 0.15) is 0 Å². The van der Waals surface area contributed by atoms with E-state index in [-0.39, 0.29) is 11.4 Å². The lowest BCUT2D eigenvalue weighted by Gasteiger charge is -2.35. The topological polar surface area (TPSA) is 35.5 Å². The minimum Gasteiger partial charge on any atom is -0.432 e. The van der Waals surface area contributed by atoms with Crippen molar-refractivity contribution in [2.24, 2.45) is 11.3 Å². The van der Waals surface area contributed by atoms with Gasteiger partial charge in [-0.2, -0.15) is 0 Å². The first kappa shape index (κ1) is 20.7. The predicted octanol–water partition coefficient (Wildman–Crippen LogP) is 5.79. The fourth-order valence-electron chi connectivity index (χ4n) is 2.96. The first-order valence-corrected chi connectivity index (χ1v) is 9.13. The minimum atomic E-state index is -0.519. The first-order valence-electron chi connectivity index (χ1n) is 9.13. The van der Waals surface area contributed by atoms with Gasteiger partial charge in [-0.3, -0.25) is 0 Å². The summed E-state index contributed by atoms with van der Waals surface area (Å²) >= 11 is 0. The van der Waals surface area contributed by atoms with Gasteiger partial charge in [-0.25, -0.2) is 4.79 Å². The zero-order valence-corrected chi connectivity index (χ0v) is 16.4. The van der Waals surface area contributed by atoms with Crippen LogP contribution in [0.1, 0.15) is 83.1 Å². The Balaban J connectivity index is 2.92. The van der Waals surface area contributed by atoms with Crippen LogP contribution in [-0.2, 0) is 9.47 Å². The summed E-state index contributed by atoms with van der Waals surface area (Å²) in [6, 6.07) is 7.89. The summed E-state index contributed by atoms with van der Waals surface area (Å²) in [4.78, 5) is 12.1. The quantitative estimate of drug-likeness (QED) is 0.423. The minimum absolute atomic E-state index is 0.232. The van der Waals surface area contributed by atoms with Gasteiger partial charge < -0.3 is 9.47 Å². The molecule has 0 fully saturated rings. The fraction of sp³-hybridized carbons (Fsp3) is 0.667. The largest absolute Gasteiger partial charge is 0.432 e. The number of carbonyl (C=O) groups excluding carboxylic acids is 1. The van der Waals surface area contributed by atoms with Gasteiger partial charge in [-0.15, -0.1) is 0 Å². The number of ether oxygens (including phenoxy) is 2. The maximum Gasteiger partial charge on any atom is 0.340 e. The van der Waals surface area contributed by atoms with Crippen LogP contribution in [0.25, 0.3) is 0 Å². The summed E-state index contributed by atoms with van der Waals surface area (Å²) in [5.41, 5.74) is 2.10. The van der Waals surface area contributed by atoms with Gasteiger partial charge >= 0.3 is 5.97 Å². The van der Waals surface area contributed by atoms with Crippen LogP contribution in [0.4, 0.5) is 0 Å². The molecule has 1 aromatic rings. The Morgan fingerprint density at radius 1 is 1.08 bits per heavy atom. The zero-order chi connectivity index (χ0) is 18.3. The monoisotopic (exact) mass is 334 g/mol. The molecular weight excluding hydrogens is 300 g/mol. The van der Waals surface area contributed by atoms with Gasteiger partial charge in [0.2, 0.25) is 0 Å². The fourth-order valence-corrected chi connectivity index (χ4v) is 2.96. The molecule has 0 aliphatic carbocycles. The molecule has 24 heavy (non-hydrogen) atoms. The number of carbonyl (C=O) groups is 1. The van der Waals surface area contributed by atoms with Crippen molar-refractivity contribution >= 4 is 5.97 Å². The van der Waals surface area contributed by atoms with E-state index in [9.17, 15) is 4.79 Å². The van der Waals surface area contributed by atoms with Crippen molar-refractivity contribution in [3.8, 4) is 0 Å². The van der Waals surface area contributed by atoms with Crippen LogP contribution in [-0.4, -0.2) is 18.9 Å². The van der Waals surface area contributed by atoms with Crippen molar-refractivity contribution in [1.29, 1.82) is 0 Å². The molecule has 0 bridgehead atoms. The molecule has 1 rings (SSSR count). The highest BCUT2D eigenvalue weighted by atomic mass is 16.7. The molecule has 2 atom stereocenters.